The number of nitrogens with zero attached hydrogens (tertiary/aromatic N) is 3. The lowest BCUT2D eigenvalue weighted by Gasteiger charge is -2.25. The average molecular weight is 253 g/mol. The second-order valence-corrected chi connectivity index (χ2v) is 4.85. The molecule has 0 amide bonds. The molecule has 0 spiro atoms. The van der Waals surface area contributed by atoms with Gasteiger partial charge in [-0.05, 0) is 32.6 Å². The molecule has 0 unspecified atom stereocenters. The number of rotatable bonds is 4. The van der Waals surface area contributed by atoms with E-state index in [9.17, 15) is 4.79 Å². The van der Waals surface area contributed by atoms with Gasteiger partial charge in [-0.15, -0.1) is 10.2 Å². The predicted octanol–water partition coefficient (Wildman–Crippen LogP) is 1.28. The van der Waals surface area contributed by atoms with Crippen molar-refractivity contribution < 1.29 is 14.6 Å². The number of hydrogen-bond donors (Lipinski definition) is 1. The maximum Gasteiger partial charge on any atom is 0.306 e. The zero-order chi connectivity index (χ0) is 13.1. The Morgan fingerprint density at radius 1 is 1.39 bits per heavy atom. The highest BCUT2D eigenvalue weighted by Crippen LogP contribution is 2.26. The maximum absolute atomic E-state index is 10.8. The van der Waals surface area contributed by atoms with Gasteiger partial charge in [-0.1, -0.05) is 0 Å². The summed E-state index contributed by atoms with van der Waals surface area (Å²) in [6, 6.07) is 0. The van der Waals surface area contributed by atoms with Crippen LogP contribution in [0.1, 0.15) is 37.3 Å². The van der Waals surface area contributed by atoms with Gasteiger partial charge in [0.15, 0.2) is 5.82 Å². The van der Waals surface area contributed by atoms with Crippen LogP contribution in [0, 0.1) is 12.8 Å². The Morgan fingerprint density at radius 2 is 2.06 bits per heavy atom. The molecule has 18 heavy (non-hydrogen) atoms. The largest absolute Gasteiger partial charge is 0.481 e. The summed E-state index contributed by atoms with van der Waals surface area (Å²) in [6.07, 6.45) is 3.19. The zero-order valence-corrected chi connectivity index (χ0v) is 10.8. The molecule has 1 aliphatic carbocycles. The second kappa shape index (κ2) is 5.48. The van der Waals surface area contributed by atoms with Crippen molar-refractivity contribution in [3.63, 3.8) is 0 Å². The van der Waals surface area contributed by atoms with Crippen LogP contribution in [0.15, 0.2) is 0 Å². The van der Waals surface area contributed by atoms with Crippen LogP contribution < -0.4 is 0 Å². The Morgan fingerprint density at radius 3 is 2.56 bits per heavy atom. The number of aromatic nitrogens is 3. The topological polar surface area (TPSA) is 77.2 Å². The number of aliphatic carboxylic acids is 1. The van der Waals surface area contributed by atoms with Crippen LogP contribution in [-0.2, 0) is 23.2 Å². The van der Waals surface area contributed by atoms with Crippen molar-refractivity contribution in [2.45, 2.75) is 45.3 Å². The van der Waals surface area contributed by atoms with E-state index in [0.29, 0.717) is 19.4 Å². The first kappa shape index (κ1) is 13.0. The predicted molar refractivity (Wildman–Crippen MR) is 63.9 cm³/mol. The Hall–Kier alpha value is -1.43. The van der Waals surface area contributed by atoms with Gasteiger partial charge in [0.1, 0.15) is 12.4 Å². The van der Waals surface area contributed by atoms with E-state index in [1.807, 2.05) is 18.5 Å². The van der Waals surface area contributed by atoms with Crippen LogP contribution in [-0.4, -0.2) is 31.9 Å². The Labute approximate surface area is 106 Å². The van der Waals surface area contributed by atoms with Crippen LogP contribution in [0.3, 0.4) is 0 Å². The Bertz CT molecular complexity index is 422. The van der Waals surface area contributed by atoms with Crippen molar-refractivity contribution >= 4 is 5.97 Å². The highest BCUT2D eigenvalue weighted by Gasteiger charge is 2.26. The van der Waals surface area contributed by atoms with Gasteiger partial charge in [-0.3, -0.25) is 4.79 Å². The summed E-state index contributed by atoms with van der Waals surface area (Å²) in [6.45, 7) is 2.34. The van der Waals surface area contributed by atoms with E-state index in [1.165, 1.54) is 0 Å². The number of carboxylic acid groups (broad SMARTS) is 1. The molecule has 2 rings (SSSR count). The fraction of sp³-hybridized carbons (Fsp3) is 0.750. The molecule has 0 aliphatic heterocycles. The Balaban J connectivity index is 1.79. The smallest absolute Gasteiger partial charge is 0.306 e. The average Bonchev–Trinajstić information content (AvgIpc) is 2.68. The van der Waals surface area contributed by atoms with Crippen molar-refractivity contribution in [2.24, 2.45) is 13.0 Å². The number of ether oxygens (including phenoxy) is 1. The fourth-order valence-corrected chi connectivity index (χ4v) is 2.25. The van der Waals surface area contributed by atoms with Crippen molar-refractivity contribution in [1.82, 2.24) is 14.8 Å². The van der Waals surface area contributed by atoms with Crippen molar-refractivity contribution in [1.29, 1.82) is 0 Å². The lowest BCUT2D eigenvalue weighted by atomic mass is 9.87. The number of hydrogen-bond acceptors (Lipinski definition) is 4. The van der Waals surface area contributed by atoms with Gasteiger partial charge in [-0.2, -0.15) is 0 Å². The fourth-order valence-electron chi connectivity index (χ4n) is 2.25. The van der Waals surface area contributed by atoms with Crippen LogP contribution in [0.5, 0.6) is 0 Å². The van der Waals surface area contributed by atoms with Crippen LogP contribution >= 0.6 is 0 Å². The van der Waals surface area contributed by atoms with Crippen LogP contribution in [0.4, 0.5) is 0 Å². The van der Waals surface area contributed by atoms with Gasteiger partial charge in [0.05, 0.1) is 12.0 Å². The number of carbonyl (C=O) groups is 1. The molecule has 6 nitrogen and oxygen atoms in total. The molecule has 6 heteroatoms. The van der Waals surface area contributed by atoms with Gasteiger partial charge in [-0.25, -0.2) is 0 Å². The van der Waals surface area contributed by atoms with E-state index in [4.69, 9.17) is 9.84 Å². The zero-order valence-electron chi connectivity index (χ0n) is 10.8. The van der Waals surface area contributed by atoms with Crippen LogP contribution in [0.25, 0.3) is 0 Å². The lowest BCUT2D eigenvalue weighted by Crippen LogP contribution is -2.26. The summed E-state index contributed by atoms with van der Waals surface area (Å²) in [5.74, 6) is 0.801. The summed E-state index contributed by atoms with van der Waals surface area (Å²) in [5.41, 5.74) is 0. The number of carboxylic acids is 1. The Kier molecular flexibility index (Phi) is 3.96. The molecule has 1 aromatic rings. The molecule has 100 valence electrons. The summed E-state index contributed by atoms with van der Waals surface area (Å²) < 4.78 is 7.68. The van der Waals surface area contributed by atoms with Crippen molar-refractivity contribution in [3.05, 3.63) is 11.6 Å². The van der Waals surface area contributed by atoms with E-state index in [0.717, 1.165) is 24.5 Å². The monoisotopic (exact) mass is 253 g/mol. The molecule has 1 N–H and O–H groups in total. The second-order valence-electron chi connectivity index (χ2n) is 4.85. The number of aryl methyl sites for hydroxylation is 1. The lowest BCUT2D eigenvalue weighted by molar-refractivity contribution is -0.143. The standard InChI is InChI=1S/C12H19N3O3/c1-8-13-14-11(15(8)2)7-18-10-5-3-9(4-6-10)12(16)17/h9-10H,3-7H2,1-2H3,(H,16,17). The molecule has 1 fully saturated rings. The van der Waals surface area contributed by atoms with Gasteiger partial charge >= 0.3 is 5.97 Å². The van der Waals surface area contributed by atoms with Gasteiger partial charge in [0.2, 0.25) is 0 Å². The van der Waals surface area contributed by atoms with E-state index >= 15 is 0 Å². The molecule has 1 saturated carbocycles. The first-order chi connectivity index (χ1) is 8.58. The molecule has 0 bridgehead atoms. The third kappa shape index (κ3) is 2.87. The van der Waals surface area contributed by atoms with E-state index in [-0.39, 0.29) is 12.0 Å². The van der Waals surface area contributed by atoms with E-state index in [2.05, 4.69) is 10.2 Å². The normalized spacial score (nSPS) is 24.1. The molecule has 1 aromatic heterocycles. The van der Waals surface area contributed by atoms with E-state index in [1.54, 1.807) is 0 Å². The summed E-state index contributed by atoms with van der Waals surface area (Å²) in [4.78, 5) is 10.8. The molecule has 0 atom stereocenters. The molecular weight excluding hydrogens is 234 g/mol. The van der Waals surface area contributed by atoms with Gasteiger partial charge < -0.3 is 14.4 Å². The first-order valence-electron chi connectivity index (χ1n) is 6.27. The highest BCUT2D eigenvalue weighted by atomic mass is 16.5. The van der Waals surface area contributed by atoms with Gasteiger partial charge in [0, 0.05) is 7.05 Å². The summed E-state index contributed by atoms with van der Waals surface area (Å²) in [7, 11) is 1.91. The molecular formula is C12H19N3O3. The van der Waals surface area contributed by atoms with E-state index < -0.39 is 5.97 Å². The maximum atomic E-state index is 10.8. The van der Waals surface area contributed by atoms with Crippen molar-refractivity contribution in [2.75, 3.05) is 0 Å². The molecule has 0 saturated heterocycles. The minimum atomic E-state index is -0.683. The first-order valence-corrected chi connectivity index (χ1v) is 6.27. The molecule has 1 aliphatic rings. The van der Waals surface area contributed by atoms with Crippen LogP contribution in [0.2, 0.25) is 0 Å². The summed E-state index contributed by atoms with van der Waals surface area (Å²) >= 11 is 0. The summed E-state index contributed by atoms with van der Waals surface area (Å²) in [5, 5.41) is 16.9. The highest BCUT2D eigenvalue weighted by molar-refractivity contribution is 5.70. The van der Waals surface area contributed by atoms with Crippen molar-refractivity contribution in [3.8, 4) is 0 Å². The SMILES string of the molecule is Cc1nnc(COC2CCC(C(=O)O)CC2)n1C. The molecule has 1 heterocycles. The molecule has 0 radical (unpaired) electrons. The minimum Gasteiger partial charge on any atom is -0.481 e. The van der Waals surface area contributed by atoms with Gasteiger partial charge in [0.25, 0.3) is 0 Å². The third-order valence-electron chi connectivity index (χ3n) is 3.65. The quantitative estimate of drug-likeness (QED) is 0.874. The third-order valence-corrected chi connectivity index (χ3v) is 3.65. The minimum absolute atomic E-state index is 0.151. The molecule has 0 aromatic carbocycles.